The number of carbonyl (C=O) groups is 2. The molecule has 5 heteroatoms. The molecule has 0 aliphatic carbocycles. The van der Waals surface area contributed by atoms with Crippen molar-refractivity contribution >= 4 is 28.5 Å². The summed E-state index contributed by atoms with van der Waals surface area (Å²) in [6, 6.07) is 7.30. The zero-order valence-electron chi connectivity index (χ0n) is 11.7. The standard InChI is InChI=1S/C16H16N2O3/c1-9-8-11-4-3-5-12(15(11)21-9)10(2)17-13-6-7-14(19)18-16(13)20/h3-5,8,13,17H,2,6-7H2,1H3,(H,18,19,20). The van der Waals surface area contributed by atoms with Gasteiger partial charge in [0, 0.05) is 23.1 Å². The van der Waals surface area contributed by atoms with Crippen molar-refractivity contribution in [3.63, 3.8) is 0 Å². The number of amides is 2. The summed E-state index contributed by atoms with van der Waals surface area (Å²) in [5.74, 6) is 0.286. The third kappa shape index (κ3) is 2.54. The number of carbonyl (C=O) groups excluding carboxylic acids is 2. The van der Waals surface area contributed by atoms with Crippen molar-refractivity contribution in [3.05, 3.63) is 42.2 Å². The molecule has 3 rings (SSSR count). The summed E-state index contributed by atoms with van der Waals surface area (Å²) in [4.78, 5) is 22.9. The van der Waals surface area contributed by atoms with Crippen LogP contribution in [-0.4, -0.2) is 17.9 Å². The summed E-state index contributed by atoms with van der Waals surface area (Å²) in [6.07, 6.45) is 0.803. The first-order valence-corrected chi connectivity index (χ1v) is 6.83. The van der Waals surface area contributed by atoms with Gasteiger partial charge in [0.05, 0.1) is 0 Å². The van der Waals surface area contributed by atoms with E-state index >= 15 is 0 Å². The van der Waals surface area contributed by atoms with E-state index in [1.807, 2.05) is 31.2 Å². The summed E-state index contributed by atoms with van der Waals surface area (Å²) >= 11 is 0. The second kappa shape index (κ2) is 5.09. The molecule has 1 aromatic heterocycles. The van der Waals surface area contributed by atoms with Crippen LogP contribution in [0.5, 0.6) is 0 Å². The average Bonchev–Trinajstić information content (AvgIpc) is 2.81. The maximum absolute atomic E-state index is 11.8. The molecule has 2 N–H and O–H groups in total. The number of hydrogen-bond acceptors (Lipinski definition) is 4. The Morgan fingerprint density at radius 2 is 2.24 bits per heavy atom. The van der Waals surface area contributed by atoms with Crippen LogP contribution in [0.1, 0.15) is 24.2 Å². The van der Waals surface area contributed by atoms with Crippen molar-refractivity contribution in [1.82, 2.24) is 10.6 Å². The average molecular weight is 284 g/mol. The minimum atomic E-state index is -0.443. The topological polar surface area (TPSA) is 71.3 Å². The normalized spacial score (nSPS) is 18.6. The highest BCUT2D eigenvalue weighted by Crippen LogP contribution is 2.26. The van der Waals surface area contributed by atoms with E-state index in [0.717, 1.165) is 22.3 Å². The highest BCUT2D eigenvalue weighted by molar-refractivity contribution is 6.01. The molecule has 0 spiro atoms. The molecule has 2 aromatic rings. The number of piperidine rings is 1. The number of aryl methyl sites for hydroxylation is 1. The summed E-state index contributed by atoms with van der Waals surface area (Å²) in [5.41, 5.74) is 2.19. The lowest BCUT2D eigenvalue weighted by atomic mass is 10.0. The Morgan fingerprint density at radius 3 is 3.00 bits per heavy atom. The Labute approximate surface area is 122 Å². The zero-order valence-corrected chi connectivity index (χ0v) is 11.7. The third-order valence-electron chi connectivity index (χ3n) is 3.58. The van der Waals surface area contributed by atoms with Gasteiger partial charge in [0.2, 0.25) is 11.8 Å². The fraction of sp³-hybridized carbons (Fsp3) is 0.250. The molecule has 5 nitrogen and oxygen atoms in total. The van der Waals surface area contributed by atoms with Crippen LogP contribution in [0, 0.1) is 6.92 Å². The molecular formula is C16H16N2O3. The van der Waals surface area contributed by atoms with Gasteiger partial charge >= 0.3 is 0 Å². The minimum Gasteiger partial charge on any atom is -0.461 e. The van der Waals surface area contributed by atoms with Gasteiger partial charge < -0.3 is 9.73 Å². The van der Waals surface area contributed by atoms with E-state index < -0.39 is 6.04 Å². The fourth-order valence-electron chi connectivity index (χ4n) is 2.55. The number of para-hydroxylation sites is 1. The van der Waals surface area contributed by atoms with Crippen molar-refractivity contribution in [3.8, 4) is 0 Å². The summed E-state index contributed by atoms with van der Waals surface area (Å²) in [7, 11) is 0. The number of imide groups is 1. The minimum absolute atomic E-state index is 0.229. The molecule has 108 valence electrons. The lowest BCUT2D eigenvalue weighted by molar-refractivity contribution is -0.134. The van der Waals surface area contributed by atoms with E-state index in [4.69, 9.17) is 4.42 Å². The Morgan fingerprint density at radius 1 is 1.43 bits per heavy atom. The lowest BCUT2D eigenvalue weighted by Crippen LogP contribution is -2.50. The van der Waals surface area contributed by atoms with Gasteiger partial charge in [-0.05, 0) is 25.5 Å². The van der Waals surface area contributed by atoms with Crippen LogP contribution in [0.15, 0.2) is 35.3 Å². The van der Waals surface area contributed by atoms with Gasteiger partial charge in [0.15, 0.2) is 0 Å². The smallest absolute Gasteiger partial charge is 0.249 e. The van der Waals surface area contributed by atoms with Crippen LogP contribution in [0.4, 0.5) is 0 Å². The second-order valence-electron chi connectivity index (χ2n) is 5.21. The van der Waals surface area contributed by atoms with Crippen molar-refractivity contribution in [2.75, 3.05) is 0 Å². The molecule has 0 radical (unpaired) electrons. The highest BCUT2D eigenvalue weighted by atomic mass is 16.3. The van der Waals surface area contributed by atoms with Gasteiger partial charge in [-0.15, -0.1) is 0 Å². The molecule has 1 aliphatic heterocycles. The second-order valence-corrected chi connectivity index (χ2v) is 5.21. The first kappa shape index (κ1) is 13.4. The SMILES string of the molecule is C=C(NC1CCC(=O)NC1=O)c1cccc2cc(C)oc12. The Balaban J connectivity index is 1.84. The van der Waals surface area contributed by atoms with Crippen LogP contribution in [-0.2, 0) is 9.59 Å². The van der Waals surface area contributed by atoms with Crippen molar-refractivity contribution < 1.29 is 14.0 Å². The molecule has 2 heterocycles. The number of furan rings is 1. The molecule has 1 aliphatic rings. The van der Waals surface area contributed by atoms with Gasteiger partial charge in [-0.25, -0.2) is 0 Å². The van der Waals surface area contributed by atoms with Gasteiger partial charge in [-0.2, -0.15) is 0 Å². The monoisotopic (exact) mass is 284 g/mol. The third-order valence-corrected chi connectivity index (χ3v) is 3.58. The van der Waals surface area contributed by atoms with Crippen molar-refractivity contribution in [1.29, 1.82) is 0 Å². The van der Waals surface area contributed by atoms with E-state index in [9.17, 15) is 9.59 Å². The number of nitrogens with one attached hydrogen (secondary N) is 2. The predicted molar refractivity (Wildman–Crippen MR) is 79.3 cm³/mol. The molecule has 1 unspecified atom stereocenters. The van der Waals surface area contributed by atoms with Crippen LogP contribution in [0.3, 0.4) is 0 Å². The molecule has 21 heavy (non-hydrogen) atoms. The largest absolute Gasteiger partial charge is 0.461 e. The van der Waals surface area contributed by atoms with E-state index in [2.05, 4.69) is 17.2 Å². The summed E-state index contributed by atoms with van der Waals surface area (Å²) < 4.78 is 5.70. The first-order valence-electron chi connectivity index (χ1n) is 6.83. The summed E-state index contributed by atoms with van der Waals surface area (Å²) in [5, 5.41) is 6.41. The molecule has 1 aromatic carbocycles. The first-order chi connectivity index (χ1) is 10.0. The lowest BCUT2D eigenvalue weighted by Gasteiger charge is -2.23. The van der Waals surface area contributed by atoms with Gasteiger partial charge in [0.25, 0.3) is 0 Å². The van der Waals surface area contributed by atoms with Crippen molar-refractivity contribution in [2.24, 2.45) is 0 Å². The van der Waals surface area contributed by atoms with Crippen LogP contribution in [0.25, 0.3) is 16.7 Å². The molecule has 0 bridgehead atoms. The van der Waals surface area contributed by atoms with Crippen LogP contribution in [0.2, 0.25) is 0 Å². The van der Waals surface area contributed by atoms with E-state index in [1.165, 1.54) is 0 Å². The van der Waals surface area contributed by atoms with Crippen molar-refractivity contribution in [2.45, 2.75) is 25.8 Å². The Bertz CT molecular complexity index is 745. The van der Waals surface area contributed by atoms with Crippen LogP contribution >= 0.6 is 0 Å². The van der Waals surface area contributed by atoms with E-state index in [1.54, 1.807) is 0 Å². The molecule has 0 saturated carbocycles. The Kier molecular flexibility index (Phi) is 3.25. The van der Waals surface area contributed by atoms with Gasteiger partial charge in [-0.1, -0.05) is 18.7 Å². The van der Waals surface area contributed by atoms with E-state index in [0.29, 0.717) is 18.5 Å². The van der Waals surface area contributed by atoms with E-state index in [-0.39, 0.29) is 11.8 Å². The molecule has 1 fully saturated rings. The van der Waals surface area contributed by atoms with Gasteiger partial charge in [0.1, 0.15) is 17.4 Å². The molecule has 2 amide bonds. The number of rotatable bonds is 3. The fourth-order valence-corrected chi connectivity index (χ4v) is 2.55. The number of hydrogen-bond donors (Lipinski definition) is 2. The molecule has 1 atom stereocenters. The summed E-state index contributed by atoms with van der Waals surface area (Å²) in [6.45, 7) is 5.88. The maximum Gasteiger partial charge on any atom is 0.249 e. The molecular weight excluding hydrogens is 268 g/mol. The number of benzene rings is 1. The maximum atomic E-state index is 11.8. The van der Waals surface area contributed by atoms with Crippen LogP contribution < -0.4 is 10.6 Å². The number of fused-ring (bicyclic) bond motifs is 1. The zero-order chi connectivity index (χ0) is 15.0. The Hall–Kier alpha value is -2.56. The highest BCUT2D eigenvalue weighted by Gasteiger charge is 2.27. The predicted octanol–water partition coefficient (Wildman–Crippen LogP) is 2.11. The van der Waals surface area contributed by atoms with Gasteiger partial charge in [-0.3, -0.25) is 14.9 Å². The molecule has 1 saturated heterocycles. The quantitative estimate of drug-likeness (QED) is 0.847.